The van der Waals surface area contributed by atoms with Gasteiger partial charge in [0.15, 0.2) is 5.96 Å². The average Bonchev–Trinajstić information content (AvgIpc) is 2.49. The monoisotopic (exact) mass is 428 g/mol. The van der Waals surface area contributed by atoms with E-state index in [-0.39, 0.29) is 36.4 Å². The predicted molar refractivity (Wildman–Crippen MR) is 103 cm³/mol. The summed E-state index contributed by atoms with van der Waals surface area (Å²) in [5, 5.41) is 9.13. The maximum absolute atomic E-state index is 11.5. The smallest absolute Gasteiger partial charge is 0.241 e. The van der Waals surface area contributed by atoms with Crippen LogP contribution >= 0.6 is 24.0 Å². The van der Waals surface area contributed by atoms with Crippen LogP contribution in [0.4, 0.5) is 0 Å². The number of aliphatic imine (C=N–C) groups is 1. The second kappa shape index (κ2) is 18.5. The number of nitrogens with one attached hydrogen (secondary N) is 3. The SMILES string of the molecule is CCCCOCCCNC(=NCC(=O)NCCC)NCC.I. The van der Waals surface area contributed by atoms with E-state index in [1.165, 1.54) is 0 Å². The van der Waals surface area contributed by atoms with E-state index >= 15 is 0 Å². The summed E-state index contributed by atoms with van der Waals surface area (Å²) in [7, 11) is 0. The topological polar surface area (TPSA) is 74.8 Å². The molecule has 0 radical (unpaired) electrons. The van der Waals surface area contributed by atoms with Crippen molar-refractivity contribution >= 4 is 35.8 Å². The third-order valence-corrected chi connectivity index (χ3v) is 2.70. The predicted octanol–water partition coefficient (Wildman–Crippen LogP) is 1.89. The lowest BCUT2D eigenvalue weighted by Gasteiger charge is -2.11. The van der Waals surface area contributed by atoms with Crippen LogP contribution in [0.2, 0.25) is 0 Å². The molecule has 3 N–H and O–H groups in total. The highest BCUT2D eigenvalue weighted by molar-refractivity contribution is 14.0. The van der Waals surface area contributed by atoms with E-state index in [2.05, 4.69) is 27.9 Å². The molecular weight excluding hydrogens is 395 g/mol. The molecule has 22 heavy (non-hydrogen) atoms. The van der Waals surface area contributed by atoms with Crippen LogP contribution in [0.3, 0.4) is 0 Å². The number of carbonyl (C=O) groups excluding carboxylic acids is 1. The number of halogens is 1. The summed E-state index contributed by atoms with van der Waals surface area (Å²) in [4.78, 5) is 15.7. The zero-order chi connectivity index (χ0) is 15.8. The standard InChI is InChI=1S/C15H32N4O2.HI/c1-4-7-11-21-12-8-10-18-15(16-6-3)19-13-14(20)17-9-5-2;/h4-13H2,1-3H3,(H,17,20)(H2,16,18,19);1H. The van der Waals surface area contributed by atoms with Crippen LogP contribution in [0.25, 0.3) is 0 Å². The van der Waals surface area contributed by atoms with Crippen molar-refractivity contribution in [3.63, 3.8) is 0 Å². The molecule has 0 aliphatic heterocycles. The molecule has 0 saturated heterocycles. The summed E-state index contributed by atoms with van der Waals surface area (Å²) < 4.78 is 5.49. The normalized spacial score (nSPS) is 10.8. The van der Waals surface area contributed by atoms with Crippen LogP contribution in [0.5, 0.6) is 0 Å². The molecule has 0 unspecified atom stereocenters. The van der Waals surface area contributed by atoms with Crippen LogP contribution in [-0.2, 0) is 9.53 Å². The van der Waals surface area contributed by atoms with E-state index in [9.17, 15) is 4.79 Å². The number of rotatable bonds is 12. The fourth-order valence-electron chi connectivity index (χ4n) is 1.54. The first-order valence-electron chi connectivity index (χ1n) is 8.11. The summed E-state index contributed by atoms with van der Waals surface area (Å²) in [6.07, 6.45) is 4.14. The lowest BCUT2D eigenvalue weighted by Crippen LogP contribution is -2.39. The van der Waals surface area contributed by atoms with Crippen LogP contribution in [0.1, 0.15) is 46.5 Å². The minimum absolute atomic E-state index is 0. The first-order valence-corrected chi connectivity index (χ1v) is 8.11. The third kappa shape index (κ3) is 15.8. The van der Waals surface area contributed by atoms with Gasteiger partial charge in [-0.25, -0.2) is 4.99 Å². The van der Waals surface area contributed by atoms with Crippen LogP contribution < -0.4 is 16.0 Å². The minimum atomic E-state index is -0.0445. The Labute approximate surface area is 152 Å². The van der Waals surface area contributed by atoms with Gasteiger partial charge < -0.3 is 20.7 Å². The first-order chi connectivity index (χ1) is 10.2. The maximum Gasteiger partial charge on any atom is 0.241 e. The van der Waals surface area contributed by atoms with Gasteiger partial charge in [-0.15, -0.1) is 24.0 Å². The minimum Gasteiger partial charge on any atom is -0.381 e. The number of hydrogen-bond donors (Lipinski definition) is 3. The van der Waals surface area contributed by atoms with Crippen molar-refractivity contribution in [2.45, 2.75) is 46.5 Å². The van der Waals surface area contributed by atoms with E-state index in [1.807, 2.05) is 13.8 Å². The molecule has 0 aromatic carbocycles. The average molecular weight is 428 g/mol. The Balaban J connectivity index is 0. The molecule has 1 amide bonds. The highest BCUT2D eigenvalue weighted by atomic mass is 127. The second-order valence-corrected chi connectivity index (χ2v) is 4.79. The largest absolute Gasteiger partial charge is 0.381 e. The molecule has 0 saturated carbocycles. The molecule has 0 fully saturated rings. The van der Waals surface area contributed by atoms with E-state index in [0.717, 1.165) is 52.0 Å². The number of amides is 1. The Morgan fingerprint density at radius 1 is 0.955 bits per heavy atom. The molecule has 7 heteroatoms. The number of hydrogen-bond acceptors (Lipinski definition) is 3. The molecule has 0 heterocycles. The van der Waals surface area contributed by atoms with Crippen LogP contribution in [-0.4, -0.2) is 51.3 Å². The number of guanidine groups is 1. The number of nitrogens with zero attached hydrogens (tertiary/aromatic N) is 1. The van der Waals surface area contributed by atoms with Gasteiger partial charge in [0.1, 0.15) is 6.54 Å². The third-order valence-electron chi connectivity index (χ3n) is 2.70. The van der Waals surface area contributed by atoms with Gasteiger partial charge in [0.2, 0.25) is 5.91 Å². The van der Waals surface area contributed by atoms with Crippen molar-refractivity contribution in [2.24, 2.45) is 4.99 Å². The second-order valence-electron chi connectivity index (χ2n) is 4.79. The zero-order valence-corrected chi connectivity index (χ0v) is 16.6. The van der Waals surface area contributed by atoms with Crippen molar-refractivity contribution < 1.29 is 9.53 Å². The molecule has 132 valence electrons. The molecule has 0 aromatic heterocycles. The number of unbranched alkanes of at least 4 members (excludes halogenated alkanes) is 1. The quantitative estimate of drug-likeness (QED) is 0.192. The highest BCUT2D eigenvalue weighted by Crippen LogP contribution is 1.89. The molecular formula is C15H33IN4O2. The van der Waals surface area contributed by atoms with Gasteiger partial charge in [-0.05, 0) is 26.2 Å². The lowest BCUT2D eigenvalue weighted by molar-refractivity contribution is -0.119. The molecule has 0 spiro atoms. The lowest BCUT2D eigenvalue weighted by atomic mass is 10.4. The molecule has 0 aliphatic rings. The molecule has 0 atom stereocenters. The van der Waals surface area contributed by atoms with Crippen molar-refractivity contribution in [3.05, 3.63) is 0 Å². The van der Waals surface area contributed by atoms with E-state index in [4.69, 9.17) is 4.74 Å². The van der Waals surface area contributed by atoms with Gasteiger partial charge in [0.05, 0.1) is 0 Å². The van der Waals surface area contributed by atoms with Crippen LogP contribution in [0, 0.1) is 0 Å². The Morgan fingerprint density at radius 3 is 2.32 bits per heavy atom. The first kappa shape index (κ1) is 23.7. The van der Waals surface area contributed by atoms with Gasteiger partial charge in [-0.3, -0.25) is 4.79 Å². The molecule has 0 aromatic rings. The Bertz CT molecular complexity index is 289. The molecule has 0 bridgehead atoms. The highest BCUT2D eigenvalue weighted by Gasteiger charge is 2.01. The Hall–Kier alpha value is -0.570. The Morgan fingerprint density at radius 2 is 1.68 bits per heavy atom. The van der Waals surface area contributed by atoms with Gasteiger partial charge in [-0.2, -0.15) is 0 Å². The Kier molecular flexibility index (Phi) is 19.9. The van der Waals surface area contributed by atoms with E-state index < -0.39 is 0 Å². The van der Waals surface area contributed by atoms with Gasteiger partial charge in [0, 0.05) is 32.8 Å². The molecule has 0 aliphatic carbocycles. The summed E-state index contributed by atoms with van der Waals surface area (Å²) in [6.45, 7) is 10.2. The summed E-state index contributed by atoms with van der Waals surface area (Å²) in [5.41, 5.74) is 0. The van der Waals surface area contributed by atoms with E-state index in [0.29, 0.717) is 12.5 Å². The fourth-order valence-corrected chi connectivity index (χ4v) is 1.54. The summed E-state index contributed by atoms with van der Waals surface area (Å²) >= 11 is 0. The maximum atomic E-state index is 11.5. The van der Waals surface area contributed by atoms with Gasteiger partial charge in [-0.1, -0.05) is 20.3 Å². The molecule has 6 nitrogen and oxygen atoms in total. The number of carbonyl (C=O) groups is 1. The zero-order valence-electron chi connectivity index (χ0n) is 14.2. The van der Waals surface area contributed by atoms with Crippen molar-refractivity contribution in [1.82, 2.24) is 16.0 Å². The van der Waals surface area contributed by atoms with Crippen LogP contribution in [0.15, 0.2) is 4.99 Å². The fraction of sp³-hybridized carbons (Fsp3) is 0.867. The van der Waals surface area contributed by atoms with E-state index in [1.54, 1.807) is 0 Å². The van der Waals surface area contributed by atoms with Gasteiger partial charge >= 0.3 is 0 Å². The summed E-state index contributed by atoms with van der Waals surface area (Å²) in [5.74, 6) is 0.634. The van der Waals surface area contributed by atoms with Gasteiger partial charge in [0.25, 0.3) is 0 Å². The molecule has 0 rings (SSSR count). The number of ether oxygens (including phenoxy) is 1. The van der Waals surface area contributed by atoms with Crippen molar-refractivity contribution in [3.8, 4) is 0 Å². The van der Waals surface area contributed by atoms with Crippen molar-refractivity contribution in [1.29, 1.82) is 0 Å². The summed E-state index contributed by atoms with van der Waals surface area (Å²) in [6, 6.07) is 0. The van der Waals surface area contributed by atoms with Crippen molar-refractivity contribution in [2.75, 3.05) is 39.4 Å².